The highest BCUT2D eigenvalue weighted by Gasteiger charge is 2.34. The Labute approximate surface area is 121 Å². The minimum absolute atomic E-state index is 0.142. The number of amides is 2. The van der Waals surface area contributed by atoms with Crippen molar-refractivity contribution in [2.75, 3.05) is 27.2 Å². The van der Waals surface area contributed by atoms with E-state index in [1.807, 2.05) is 7.05 Å². The first-order chi connectivity index (χ1) is 9.12. The number of aliphatic carboxylic acids is 1. The highest BCUT2D eigenvalue weighted by atomic mass is 16.4. The summed E-state index contributed by atoms with van der Waals surface area (Å²) in [5.41, 5.74) is -0.522. The maximum Gasteiger partial charge on any atom is 0.326 e. The number of nitrogens with one attached hydrogen (secondary N) is 1. The van der Waals surface area contributed by atoms with Crippen molar-refractivity contribution in [3.05, 3.63) is 0 Å². The lowest BCUT2D eigenvalue weighted by atomic mass is 9.87. The summed E-state index contributed by atoms with van der Waals surface area (Å²) < 4.78 is 0. The first-order valence-electron chi connectivity index (χ1n) is 7.07. The summed E-state index contributed by atoms with van der Waals surface area (Å²) in [6, 6.07) is -1.06. The number of carbonyl (C=O) groups is 2. The molecule has 1 unspecified atom stereocenters. The van der Waals surface area contributed by atoms with E-state index in [9.17, 15) is 14.7 Å². The standard InChI is InChI=1S/C14H27N3O3/c1-14(2,3)11(12(18)19)15-13(20)17(5)10-7-6-8-16(4)9-10/h10-11H,6-9H2,1-5H3,(H,15,20)(H,18,19)/t10?,11-/m1/s1. The Morgan fingerprint density at radius 2 is 2.00 bits per heavy atom. The third kappa shape index (κ3) is 4.37. The van der Waals surface area contributed by atoms with Gasteiger partial charge in [0.1, 0.15) is 6.04 Å². The van der Waals surface area contributed by atoms with E-state index in [0.29, 0.717) is 0 Å². The number of likely N-dealkylation sites (tertiary alicyclic amines) is 1. The Kier molecular flexibility index (Phi) is 5.39. The van der Waals surface area contributed by atoms with Gasteiger partial charge in [0.25, 0.3) is 0 Å². The molecule has 20 heavy (non-hydrogen) atoms. The number of hydrogen-bond donors (Lipinski definition) is 2. The normalized spacial score (nSPS) is 22.1. The molecular weight excluding hydrogens is 258 g/mol. The van der Waals surface area contributed by atoms with Gasteiger partial charge in [0.05, 0.1) is 0 Å². The highest BCUT2D eigenvalue weighted by Crippen LogP contribution is 2.20. The molecule has 6 heteroatoms. The molecule has 6 nitrogen and oxygen atoms in total. The van der Waals surface area contributed by atoms with E-state index in [0.717, 1.165) is 25.9 Å². The number of hydrogen-bond acceptors (Lipinski definition) is 3. The number of likely N-dealkylation sites (N-methyl/N-ethyl adjacent to an activating group) is 2. The van der Waals surface area contributed by atoms with E-state index >= 15 is 0 Å². The topological polar surface area (TPSA) is 72.9 Å². The summed E-state index contributed by atoms with van der Waals surface area (Å²) >= 11 is 0. The fourth-order valence-electron chi connectivity index (χ4n) is 2.50. The molecule has 0 spiro atoms. The summed E-state index contributed by atoms with van der Waals surface area (Å²) in [5.74, 6) is -1.000. The van der Waals surface area contributed by atoms with Gasteiger partial charge >= 0.3 is 12.0 Å². The molecule has 0 aliphatic carbocycles. The van der Waals surface area contributed by atoms with E-state index < -0.39 is 17.4 Å². The molecule has 0 aromatic rings. The van der Waals surface area contributed by atoms with Gasteiger partial charge in [-0.25, -0.2) is 9.59 Å². The van der Waals surface area contributed by atoms with Gasteiger partial charge in [-0.1, -0.05) is 20.8 Å². The zero-order valence-corrected chi connectivity index (χ0v) is 13.1. The maximum atomic E-state index is 12.2. The van der Waals surface area contributed by atoms with E-state index in [4.69, 9.17) is 0 Å². The maximum absolute atomic E-state index is 12.2. The van der Waals surface area contributed by atoms with Crippen molar-refractivity contribution in [3.63, 3.8) is 0 Å². The number of nitrogens with zero attached hydrogens (tertiary/aromatic N) is 2. The number of urea groups is 1. The number of piperidine rings is 1. The van der Waals surface area contributed by atoms with Crippen molar-refractivity contribution >= 4 is 12.0 Å². The van der Waals surface area contributed by atoms with Gasteiger partial charge in [-0.3, -0.25) is 0 Å². The van der Waals surface area contributed by atoms with Gasteiger partial charge < -0.3 is 20.2 Å². The zero-order valence-electron chi connectivity index (χ0n) is 13.1. The third-order valence-electron chi connectivity index (χ3n) is 3.85. The summed E-state index contributed by atoms with van der Waals surface area (Å²) in [6.07, 6.45) is 2.02. The van der Waals surface area contributed by atoms with Crippen LogP contribution in [0.2, 0.25) is 0 Å². The van der Waals surface area contributed by atoms with Crippen molar-refractivity contribution in [2.45, 2.75) is 45.7 Å². The predicted molar refractivity (Wildman–Crippen MR) is 77.7 cm³/mol. The molecule has 1 rings (SSSR count). The largest absolute Gasteiger partial charge is 0.480 e. The van der Waals surface area contributed by atoms with Crippen molar-refractivity contribution in [3.8, 4) is 0 Å². The van der Waals surface area contributed by atoms with Crippen LogP contribution in [0.5, 0.6) is 0 Å². The fourth-order valence-corrected chi connectivity index (χ4v) is 2.50. The molecule has 2 atom stereocenters. The second-order valence-corrected chi connectivity index (χ2v) is 6.76. The quantitative estimate of drug-likeness (QED) is 0.818. The van der Waals surface area contributed by atoms with Crippen LogP contribution in [0.15, 0.2) is 0 Å². The number of rotatable bonds is 3. The summed E-state index contributed by atoms with van der Waals surface area (Å²) in [6.45, 7) is 7.30. The minimum atomic E-state index is -1.000. The van der Waals surface area contributed by atoms with E-state index in [1.54, 1.807) is 32.7 Å². The Morgan fingerprint density at radius 3 is 2.45 bits per heavy atom. The smallest absolute Gasteiger partial charge is 0.326 e. The molecule has 0 aromatic heterocycles. The molecule has 116 valence electrons. The number of carboxylic acids is 1. The molecule has 0 aromatic carbocycles. The summed E-state index contributed by atoms with van der Waals surface area (Å²) in [4.78, 5) is 27.4. The molecule has 1 aliphatic heterocycles. The Hall–Kier alpha value is -1.30. The molecule has 0 saturated carbocycles. The molecule has 1 heterocycles. The summed E-state index contributed by atoms with van der Waals surface area (Å²) in [7, 11) is 3.77. The molecule has 1 fully saturated rings. The summed E-state index contributed by atoms with van der Waals surface area (Å²) in [5, 5.41) is 11.9. The first-order valence-corrected chi connectivity index (χ1v) is 7.07. The lowest BCUT2D eigenvalue weighted by molar-refractivity contribution is -0.142. The predicted octanol–water partition coefficient (Wildman–Crippen LogP) is 1.22. The van der Waals surface area contributed by atoms with Gasteiger partial charge in [0.2, 0.25) is 0 Å². The fraction of sp³-hybridized carbons (Fsp3) is 0.857. The molecule has 1 aliphatic rings. The molecule has 0 bridgehead atoms. The molecule has 0 radical (unpaired) electrons. The second-order valence-electron chi connectivity index (χ2n) is 6.76. The monoisotopic (exact) mass is 285 g/mol. The van der Waals surface area contributed by atoms with Gasteiger partial charge in [0.15, 0.2) is 0 Å². The van der Waals surface area contributed by atoms with Crippen LogP contribution in [0, 0.1) is 5.41 Å². The zero-order chi connectivity index (χ0) is 15.5. The van der Waals surface area contributed by atoms with Crippen molar-refractivity contribution in [2.24, 2.45) is 5.41 Å². The van der Waals surface area contributed by atoms with E-state index in [-0.39, 0.29) is 12.1 Å². The van der Waals surface area contributed by atoms with E-state index in [2.05, 4.69) is 10.2 Å². The lowest BCUT2D eigenvalue weighted by Crippen LogP contribution is -2.56. The first kappa shape index (κ1) is 16.8. The van der Waals surface area contributed by atoms with Crippen LogP contribution in [0.4, 0.5) is 4.79 Å². The number of carboxylic acid groups (broad SMARTS) is 1. The van der Waals surface area contributed by atoms with Crippen molar-refractivity contribution in [1.29, 1.82) is 0 Å². The van der Waals surface area contributed by atoms with Crippen LogP contribution >= 0.6 is 0 Å². The van der Waals surface area contributed by atoms with Crippen LogP contribution in [-0.4, -0.2) is 66.2 Å². The van der Waals surface area contributed by atoms with Gasteiger partial charge in [0, 0.05) is 19.6 Å². The van der Waals surface area contributed by atoms with Crippen LogP contribution in [0.3, 0.4) is 0 Å². The average molecular weight is 285 g/mol. The average Bonchev–Trinajstić information content (AvgIpc) is 2.32. The van der Waals surface area contributed by atoms with Crippen LogP contribution in [0.25, 0.3) is 0 Å². The van der Waals surface area contributed by atoms with Crippen LogP contribution in [0.1, 0.15) is 33.6 Å². The molecule has 2 N–H and O–H groups in total. The Balaban J connectivity index is 2.66. The highest BCUT2D eigenvalue weighted by molar-refractivity contribution is 5.83. The van der Waals surface area contributed by atoms with Crippen LogP contribution < -0.4 is 5.32 Å². The lowest BCUT2D eigenvalue weighted by Gasteiger charge is -2.37. The Bertz CT molecular complexity index is 365. The van der Waals surface area contributed by atoms with E-state index in [1.165, 1.54) is 0 Å². The molecular formula is C14H27N3O3. The second kappa shape index (κ2) is 6.43. The molecule has 1 saturated heterocycles. The molecule has 2 amide bonds. The van der Waals surface area contributed by atoms with Crippen molar-refractivity contribution in [1.82, 2.24) is 15.1 Å². The Morgan fingerprint density at radius 1 is 1.40 bits per heavy atom. The number of carbonyl (C=O) groups excluding carboxylic acids is 1. The van der Waals surface area contributed by atoms with Crippen molar-refractivity contribution < 1.29 is 14.7 Å². The van der Waals surface area contributed by atoms with Gasteiger partial charge in [-0.05, 0) is 31.8 Å². The minimum Gasteiger partial charge on any atom is -0.480 e. The van der Waals surface area contributed by atoms with Crippen LogP contribution in [-0.2, 0) is 4.79 Å². The third-order valence-corrected chi connectivity index (χ3v) is 3.85. The van der Waals surface area contributed by atoms with Gasteiger partial charge in [-0.15, -0.1) is 0 Å². The van der Waals surface area contributed by atoms with Gasteiger partial charge in [-0.2, -0.15) is 0 Å². The SMILES string of the molecule is CN1CCCC(N(C)C(=O)N[C@H](C(=O)O)C(C)(C)C)C1.